The highest BCUT2D eigenvalue weighted by molar-refractivity contribution is 7.77. The molecule has 0 rings (SSSR count). The number of rotatable bonds is 0. The maximum atomic E-state index is 4.45. The van der Waals surface area contributed by atoms with Gasteiger partial charge >= 0.3 is 0 Å². The topological polar surface area (TPSA) is 3.24 Å². The van der Waals surface area contributed by atoms with Gasteiger partial charge in [0.25, 0.3) is 0 Å². The molecule has 4 heavy (non-hydrogen) atoms. The molecule has 1 radical (unpaired) electrons. The lowest BCUT2D eigenvalue weighted by Gasteiger charge is -1.86. The van der Waals surface area contributed by atoms with Crippen LogP contribution in [0.1, 0.15) is 0 Å². The molecule has 2 heteroatoms. The Hall–Kier alpha value is 0.310. The van der Waals surface area contributed by atoms with Crippen molar-refractivity contribution in [3.8, 4) is 0 Å². The Kier molecular flexibility index (Phi) is 1.74. The molecule has 0 bridgehead atoms. The van der Waals surface area contributed by atoms with Gasteiger partial charge in [-0.1, -0.05) is 0 Å². The van der Waals surface area contributed by atoms with Gasteiger partial charge in [-0.3, -0.25) is 0 Å². The summed E-state index contributed by atoms with van der Waals surface area (Å²) in [4.78, 5) is 0. The average Bonchev–Trinajstić information content (AvgIpc) is 0.811. The van der Waals surface area contributed by atoms with Crippen molar-refractivity contribution in [1.82, 2.24) is 4.31 Å². The van der Waals surface area contributed by atoms with E-state index in [1.54, 1.807) is 4.31 Å². The monoisotopic (exact) mass is 76.0 g/mol. The normalized spacial score (nSPS) is 9.00. The fourth-order valence-electron chi connectivity index (χ4n) is 0. The first-order chi connectivity index (χ1) is 1.73. The van der Waals surface area contributed by atoms with E-state index in [2.05, 4.69) is 12.8 Å². The number of hydrogen-bond donors (Lipinski definition) is 0. The lowest BCUT2D eigenvalue weighted by molar-refractivity contribution is 0.714. The molecule has 0 unspecified atom stereocenters. The van der Waals surface area contributed by atoms with Gasteiger partial charge in [0.2, 0.25) is 0 Å². The van der Waals surface area contributed by atoms with Crippen molar-refractivity contribution in [2.75, 3.05) is 14.1 Å². The van der Waals surface area contributed by atoms with Gasteiger partial charge in [0.1, 0.15) is 0 Å². The van der Waals surface area contributed by atoms with Gasteiger partial charge in [-0.15, -0.1) is 0 Å². The molecule has 0 aliphatic carbocycles. The van der Waals surface area contributed by atoms with E-state index < -0.39 is 0 Å². The molecule has 0 amide bonds. The smallest absolute Gasteiger partial charge is 0.00782 e. The Balaban J connectivity index is 2.32. The fraction of sp³-hybridized carbons (Fsp3) is 1.00. The summed E-state index contributed by atoms with van der Waals surface area (Å²) < 4.78 is 1.58. The molecule has 0 aromatic carbocycles. The molecule has 0 spiro atoms. The van der Waals surface area contributed by atoms with Gasteiger partial charge in [0.15, 0.2) is 0 Å². The van der Waals surface area contributed by atoms with Crippen LogP contribution in [0.5, 0.6) is 0 Å². The first kappa shape index (κ1) is 4.31. The molecule has 0 N–H and O–H groups in total. The highest BCUT2D eigenvalue weighted by Gasteiger charge is 1.62. The van der Waals surface area contributed by atoms with E-state index in [0.717, 1.165) is 0 Å². The molecule has 0 saturated carbocycles. The second-order valence-corrected chi connectivity index (χ2v) is 1.54. The van der Waals surface area contributed by atoms with Crippen LogP contribution in [0.2, 0.25) is 0 Å². The van der Waals surface area contributed by atoms with Gasteiger partial charge in [0, 0.05) is 12.8 Å². The maximum absolute atomic E-state index is 4.45. The van der Waals surface area contributed by atoms with E-state index >= 15 is 0 Å². The van der Waals surface area contributed by atoms with Crippen LogP contribution in [0.15, 0.2) is 0 Å². The third-order valence-corrected chi connectivity index (χ3v) is 0. The van der Waals surface area contributed by atoms with E-state index in [0.29, 0.717) is 0 Å². The maximum Gasteiger partial charge on any atom is 0.00782 e. The van der Waals surface area contributed by atoms with Crippen molar-refractivity contribution in [2.45, 2.75) is 0 Å². The van der Waals surface area contributed by atoms with Crippen LogP contribution < -0.4 is 0 Å². The van der Waals surface area contributed by atoms with Crippen LogP contribution in [0.4, 0.5) is 0 Å². The molecule has 0 heterocycles. The predicted octanol–water partition coefficient (Wildman–Crippen LogP) is 0.660. The zero-order valence-corrected chi connectivity index (χ0v) is 3.67. The molecule has 25 valence electrons. The van der Waals surface area contributed by atoms with Gasteiger partial charge in [-0.2, -0.15) is 0 Å². The second kappa shape index (κ2) is 1.61. The largest absolute Gasteiger partial charge is 0.246 e. The minimum Gasteiger partial charge on any atom is -0.246 e. The van der Waals surface area contributed by atoms with Gasteiger partial charge in [0.05, 0.1) is 0 Å². The zero-order chi connectivity index (χ0) is 3.58. The van der Waals surface area contributed by atoms with E-state index in [-0.39, 0.29) is 0 Å². The molecule has 0 atom stereocenters. The number of hydrogen-bond acceptors (Lipinski definition) is 1. The van der Waals surface area contributed by atoms with Crippen molar-refractivity contribution in [1.29, 1.82) is 0 Å². The van der Waals surface area contributed by atoms with E-state index in [1.165, 1.54) is 0 Å². The highest BCUT2D eigenvalue weighted by Crippen LogP contribution is 1.69. The predicted molar refractivity (Wildman–Crippen MR) is 21.3 cm³/mol. The van der Waals surface area contributed by atoms with Crippen LogP contribution in [-0.4, -0.2) is 18.4 Å². The molecule has 0 aromatic heterocycles. The van der Waals surface area contributed by atoms with Gasteiger partial charge in [-0.05, 0) is 14.1 Å². The zero-order valence-electron chi connectivity index (χ0n) is 2.86. The lowest BCUT2D eigenvalue weighted by atomic mass is 11.3. The summed E-state index contributed by atoms with van der Waals surface area (Å²) in [6.45, 7) is 0. The summed E-state index contributed by atoms with van der Waals surface area (Å²) in [7, 11) is 3.63. The molecule has 0 aromatic rings. The Labute approximate surface area is 32.2 Å². The third-order valence-electron chi connectivity index (χ3n) is 0. The lowest BCUT2D eigenvalue weighted by Crippen LogP contribution is -1.89. The highest BCUT2D eigenvalue weighted by atomic mass is 32.1. The van der Waals surface area contributed by atoms with E-state index in [1.807, 2.05) is 14.1 Å². The first-order valence-electron chi connectivity index (χ1n) is 1.08. The molecule has 0 aliphatic rings. The summed E-state index contributed by atoms with van der Waals surface area (Å²) in [5.74, 6) is 0. The third kappa shape index (κ3) is 41.3. The van der Waals surface area contributed by atoms with E-state index in [4.69, 9.17) is 0 Å². The fourth-order valence-corrected chi connectivity index (χ4v) is 0. The van der Waals surface area contributed by atoms with Crippen molar-refractivity contribution in [3.05, 3.63) is 0 Å². The van der Waals surface area contributed by atoms with Crippen molar-refractivity contribution in [2.24, 2.45) is 0 Å². The van der Waals surface area contributed by atoms with Crippen molar-refractivity contribution < 1.29 is 0 Å². The Bertz CT molecular complexity index is 10.8. The summed E-state index contributed by atoms with van der Waals surface area (Å²) in [5, 5.41) is 0. The van der Waals surface area contributed by atoms with Gasteiger partial charge in [-0.25, -0.2) is 4.31 Å². The quantitative estimate of drug-likeness (QED) is 0.409. The van der Waals surface area contributed by atoms with Crippen LogP contribution in [0.25, 0.3) is 0 Å². The average molecular weight is 76.1 g/mol. The first-order valence-corrected chi connectivity index (χ1v) is 1.44. The van der Waals surface area contributed by atoms with Crippen molar-refractivity contribution in [3.63, 3.8) is 0 Å². The SMILES string of the molecule is CN(C)[S]. The Morgan fingerprint density at radius 2 is 1.50 bits per heavy atom. The summed E-state index contributed by atoms with van der Waals surface area (Å²) >= 11 is 4.45. The summed E-state index contributed by atoms with van der Waals surface area (Å²) in [6, 6.07) is 0. The Morgan fingerprint density at radius 1 is 1.50 bits per heavy atom. The van der Waals surface area contributed by atoms with Crippen LogP contribution in [0.3, 0.4) is 0 Å². The van der Waals surface area contributed by atoms with Crippen LogP contribution >= 0.6 is 12.8 Å². The molecular weight excluding hydrogens is 70.1 g/mol. The standard InChI is InChI=1S/C2H6NS/c1-3(2)4/h1-2H3. The Morgan fingerprint density at radius 3 is 1.50 bits per heavy atom. The second-order valence-electron chi connectivity index (χ2n) is 0.812. The molecular formula is C2H6NS. The molecule has 0 saturated heterocycles. The molecule has 1 nitrogen and oxygen atoms in total. The van der Waals surface area contributed by atoms with Crippen molar-refractivity contribution >= 4 is 12.8 Å². The van der Waals surface area contributed by atoms with Crippen LogP contribution in [0, 0.1) is 0 Å². The van der Waals surface area contributed by atoms with Crippen LogP contribution in [-0.2, 0) is 0 Å². The number of nitrogens with zero attached hydrogens (tertiary/aromatic N) is 1. The summed E-state index contributed by atoms with van der Waals surface area (Å²) in [5.41, 5.74) is 0. The van der Waals surface area contributed by atoms with Gasteiger partial charge < -0.3 is 0 Å². The minimum atomic E-state index is 1.58. The van der Waals surface area contributed by atoms with E-state index in [9.17, 15) is 0 Å². The molecule has 0 fully saturated rings. The minimum absolute atomic E-state index is 1.58. The summed E-state index contributed by atoms with van der Waals surface area (Å²) in [6.07, 6.45) is 0. The molecule has 0 aliphatic heterocycles.